The third kappa shape index (κ3) is 2.93. The van der Waals surface area contributed by atoms with Gasteiger partial charge in [-0.2, -0.15) is 0 Å². The molecule has 2 atom stereocenters. The van der Waals surface area contributed by atoms with Crippen molar-refractivity contribution in [1.29, 1.82) is 0 Å². The fourth-order valence-electron chi connectivity index (χ4n) is 1.63. The summed E-state index contributed by atoms with van der Waals surface area (Å²) in [6.07, 6.45) is 2.06. The average Bonchev–Trinajstić information content (AvgIpc) is 2.04. The molecule has 0 amide bonds. The first kappa shape index (κ1) is 10.9. The SMILES string of the molecule is CCNC1CCOCC1S(C)(=O)=O. The highest BCUT2D eigenvalue weighted by Crippen LogP contribution is 2.14. The quantitative estimate of drug-likeness (QED) is 0.696. The lowest BCUT2D eigenvalue weighted by atomic mass is 10.1. The monoisotopic (exact) mass is 207 g/mol. The van der Waals surface area contributed by atoms with Gasteiger partial charge in [0.25, 0.3) is 0 Å². The third-order valence-corrected chi connectivity index (χ3v) is 3.88. The second kappa shape index (κ2) is 4.39. The Hall–Kier alpha value is -0.130. The molecule has 1 saturated heterocycles. The first-order valence-corrected chi connectivity index (χ1v) is 6.51. The van der Waals surface area contributed by atoms with Crippen LogP contribution < -0.4 is 5.32 Å². The molecule has 0 bridgehead atoms. The van der Waals surface area contributed by atoms with Crippen molar-refractivity contribution in [3.8, 4) is 0 Å². The maximum atomic E-state index is 11.4. The van der Waals surface area contributed by atoms with Crippen molar-refractivity contribution >= 4 is 9.84 Å². The van der Waals surface area contributed by atoms with Crippen LogP contribution in [0.5, 0.6) is 0 Å². The van der Waals surface area contributed by atoms with Crippen molar-refractivity contribution in [2.45, 2.75) is 24.6 Å². The predicted octanol–water partition coefficient (Wildman–Crippen LogP) is -0.202. The van der Waals surface area contributed by atoms with Gasteiger partial charge in [0.05, 0.1) is 11.9 Å². The predicted molar refractivity (Wildman–Crippen MR) is 51.5 cm³/mol. The highest BCUT2D eigenvalue weighted by molar-refractivity contribution is 7.91. The molecule has 13 heavy (non-hydrogen) atoms. The molecule has 4 nitrogen and oxygen atoms in total. The van der Waals surface area contributed by atoms with E-state index in [4.69, 9.17) is 4.74 Å². The van der Waals surface area contributed by atoms with E-state index in [9.17, 15) is 8.42 Å². The summed E-state index contributed by atoms with van der Waals surface area (Å²) in [5, 5.41) is 2.81. The molecule has 0 aromatic rings. The minimum Gasteiger partial charge on any atom is -0.380 e. The molecule has 0 aromatic carbocycles. The summed E-state index contributed by atoms with van der Waals surface area (Å²) in [6.45, 7) is 3.77. The van der Waals surface area contributed by atoms with Crippen molar-refractivity contribution in [1.82, 2.24) is 5.32 Å². The van der Waals surface area contributed by atoms with Crippen LogP contribution in [0.15, 0.2) is 0 Å². The molecule has 1 aliphatic rings. The number of hydrogen-bond acceptors (Lipinski definition) is 4. The molecule has 5 heteroatoms. The van der Waals surface area contributed by atoms with Gasteiger partial charge in [0, 0.05) is 18.9 Å². The summed E-state index contributed by atoms with van der Waals surface area (Å²) in [6, 6.07) is 0.0637. The lowest BCUT2D eigenvalue weighted by Gasteiger charge is -2.30. The summed E-state index contributed by atoms with van der Waals surface area (Å²) in [7, 11) is -2.98. The van der Waals surface area contributed by atoms with Gasteiger partial charge in [-0.15, -0.1) is 0 Å². The fourth-order valence-corrected chi connectivity index (χ4v) is 2.80. The van der Waals surface area contributed by atoms with Crippen molar-refractivity contribution in [3.05, 3.63) is 0 Å². The van der Waals surface area contributed by atoms with Gasteiger partial charge in [0.2, 0.25) is 0 Å². The summed E-state index contributed by atoms with van der Waals surface area (Å²) < 4.78 is 27.9. The number of hydrogen-bond donors (Lipinski definition) is 1. The smallest absolute Gasteiger partial charge is 0.154 e. The number of rotatable bonds is 3. The molecule has 2 unspecified atom stereocenters. The Balaban J connectivity index is 2.67. The molecular formula is C8H17NO3S. The largest absolute Gasteiger partial charge is 0.380 e. The second-order valence-electron chi connectivity index (χ2n) is 3.40. The first-order valence-electron chi connectivity index (χ1n) is 4.55. The van der Waals surface area contributed by atoms with Gasteiger partial charge >= 0.3 is 0 Å². The zero-order valence-corrected chi connectivity index (χ0v) is 8.93. The van der Waals surface area contributed by atoms with Gasteiger partial charge < -0.3 is 10.1 Å². The first-order chi connectivity index (χ1) is 6.05. The summed E-state index contributed by atoms with van der Waals surface area (Å²) in [4.78, 5) is 0. The van der Waals surface area contributed by atoms with Crippen LogP contribution >= 0.6 is 0 Å². The standard InChI is InChI=1S/C8H17NO3S/c1-3-9-7-4-5-12-6-8(7)13(2,10)11/h7-9H,3-6H2,1-2H3. The van der Waals surface area contributed by atoms with Gasteiger partial charge in [-0.3, -0.25) is 0 Å². The van der Waals surface area contributed by atoms with E-state index in [0.717, 1.165) is 13.0 Å². The topological polar surface area (TPSA) is 55.4 Å². The van der Waals surface area contributed by atoms with Crippen molar-refractivity contribution in [2.24, 2.45) is 0 Å². The summed E-state index contributed by atoms with van der Waals surface area (Å²) in [5.74, 6) is 0. The molecule has 1 aliphatic heterocycles. The molecule has 0 aromatic heterocycles. The lowest BCUT2D eigenvalue weighted by Crippen LogP contribution is -2.50. The maximum absolute atomic E-state index is 11.4. The average molecular weight is 207 g/mol. The van der Waals surface area contributed by atoms with Crippen LogP contribution in [0.25, 0.3) is 0 Å². The van der Waals surface area contributed by atoms with Crippen LogP contribution in [0, 0.1) is 0 Å². The Bertz CT molecular complexity index is 248. The van der Waals surface area contributed by atoms with Gasteiger partial charge in [0.15, 0.2) is 9.84 Å². The molecular weight excluding hydrogens is 190 g/mol. The number of sulfone groups is 1. The molecule has 0 saturated carbocycles. The van der Waals surface area contributed by atoms with E-state index in [0.29, 0.717) is 13.2 Å². The Labute approximate surface area is 79.6 Å². The molecule has 1 N–H and O–H groups in total. The van der Waals surface area contributed by atoms with Crippen LogP contribution in [0.1, 0.15) is 13.3 Å². The van der Waals surface area contributed by atoms with Crippen LogP contribution in [0.3, 0.4) is 0 Å². The van der Waals surface area contributed by atoms with E-state index in [2.05, 4.69) is 5.32 Å². The Morgan fingerprint density at radius 2 is 2.23 bits per heavy atom. The molecule has 78 valence electrons. The van der Waals surface area contributed by atoms with E-state index in [1.54, 1.807) is 0 Å². The Morgan fingerprint density at radius 1 is 1.54 bits per heavy atom. The van der Waals surface area contributed by atoms with Crippen LogP contribution in [-0.4, -0.2) is 45.7 Å². The highest BCUT2D eigenvalue weighted by Gasteiger charge is 2.32. The van der Waals surface area contributed by atoms with E-state index < -0.39 is 9.84 Å². The van der Waals surface area contributed by atoms with Gasteiger partial charge in [-0.25, -0.2) is 8.42 Å². The minimum atomic E-state index is -2.98. The number of ether oxygens (including phenoxy) is 1. The van der Waals surface area contributed by atoms with Crippen molar-refractivity contribution in [2.75, 3.05) is 26.0 Å². The van der Waals surface area contributed by atoms with Crippen LogP contribution in [-0.2, 0) is 14.6 Å². The van der Waals surface area contributed by atoms with Gasteiger partial charge in [-0.05, 0) is 13.0 Å². The summed E-state index contributed by atoms with van der Waals surface area (Å²) >= 11 is 0. The summed E-state index contributed by atoms with van der Waals surface area (Å²) in [5.41, 5.74) is 0. The zero-order chi connectivity index (χ0) is 9.90. The highest BCUT2D eigenvalue weighted by atomic mass is 32.2. The number of nitrogens with one attached hydrogen (secondary N) is 1. The van der Waals surface area contributed by atoms with Crippen molar-refractivity contribution in [3.63, 3.8) is 0 Å². The van der Waals surface area contributed by atoms with Crippen LogP contribution in [0.2, 0.25) is 0 Å². The third-order valence-electron chi connectivity index (χ3n) is 2.32. The molecule has 1 rings (SSSR count). The molecule has 0 radical (unpaired) electrons. The minimum absolute atomic E-state index is 0.0637. The Kier molecular flexibility index (Phi) is 3.70. The van der Waals surface area contributed by atoms with Crippen molar-refractivity contribution < 1.29 is 13.2 Å². The van der Waals surface area contributed by atoms with E-state index in [1.165, 1.54) is 6.26 Å². The second-order valence-corrected chi connectivity index (χ2v) is 5.66. The molecule has 1 heterocycles. The van der Waals surface area contributed by atoms with E-state index in [1.807, 2.05) is 6.92 Å². The van der Waals surface area contributed by atoms with Crippen LogP contribution in [0.4, 0.5) is 0 Å². The molecule has 0 spiro atoms. The molecule has 0 aliphatic carbocycles. The maximum Gasteiger partial charge on any atom is 0.154 e. The van der Waals surface area contributed by atoms with Gasteiger partial charge in [0.1, 0.15) is 0 Å². The van der Waals surface area contributed by atoms with E-state index in [-0.39, 0.29) is 11.3 Å². The fraction of sp³-hybridized carbons (Fsp3) is 1.00. The van der Waals surface area contributed by atoms with E-state index >= 15 is 0 Å². The molecule has 1 fully saturated rings. The lowest BCUT2D eigenvalue weighted by molar-refractivity contribution is 0.0814. The zero-order valence-electron chi connectivity index (χ0n) is 8.12. The van der Waals surface area contributed by atoms with Gasteiger partial charge in [-0.1, -0.05) is 6.92 Å². The Morgan fingerprint density at radius 3 is 2.77 bits per heavy atom. The normalized spacial score (nSPS) is 30.3.